The summed E-state index contributed by atoms with van der Waals surface area (Å²) in [4.78, 5) is 21.1. The number of fused-ring (bicyclic) bond motifs is 1. The molecule has 2 heterocycles. The van der Waals surface area contributed by atoms with Gasteiger partial charge in [0.25, 0.3) is 5.91 Å². The van der Waals surface area contributed by atoms with Crippen LogP contribution in [0.3, 0.4) is 0 Å². The van der Waals surface area contributed by atoms with E-state index in [1.807, 2.05) is 13.0 Å². The normalized spacial score (nSPS) is 16.2. The van der Waals surface area contributed by atoms with Crippen LogP contribution in [0.5, 0.6) is 5.75 Å². The van der Waals surface area contributed by atoms with Crippen LogP contribution in [-0.2, 0) is 19.2 Å². The quantitative estimate of drug-likeness (QED) is 0.419. The molecule has 9 nitrogen and oxygen atoms in total. The number of aromatic nitrogens is 2. The first kappa shape index (κ1) is 23.7. The van der Waals surface area contributed by atoms with Gasteiger partial charge in [-0.15, -0.1) is 0 Å². The fourth-order valence-electron chi connectivity index (χ4n) is 3.50. The summed E-state index contributed by atoms with van der Waals surface area (Å²) in [5.41, 5.74) is 2.50. The van der Waals surface area contributed by atoms with Crippen molar-refractivity contribution in [3.8, 4) is 5.75 Å². The Bertz CT molecular complexity index is 1340. The Morgan fingerprint density at radius 3 is 2.74 bits per heavy atom. The van der Waals surface area contributed by atoms with Crippen LogP contribution in [0, 0.1) is 12.7 Å². The molecule has 0 radical (unpaired) electrons. The van der Waals surface area contributed by atoms with Crippen LogP contribution in [0.15, 0.2) is 36.7 Å². The zero-order valence-corrected chi connectivity index (χ0v) is 19.9. The van der Waals surface area contributed by atoms with Gasteiger partial charge >= 0.3 is 0 Å². The molecule has 0 aliphatic carbocycles. The van der Waals surface area contributed by atoms with Crippen LogP contribution in [0.2, 0.25) is 0 Å². The van der Waals surface area contributed by atoms with Crippen LogP contribution in [0.25, 0.3) is 10.9 Å². The number of anilines is 3. The van der Waals surface area contributed by atoms with E-state index in [9.17, 15) is 13.4 Å². The maximum atomic E-state index is 14.0. The minimum absolute atomic E-state index is 0.0389. The Balaban J connectivity index is 1.62. The number of benzene rings is 2. The van der Waals surface area contributed by atoms with Gasteiger partial charge in [0.15, 0.2) is 6.10 Å². The SMILES string of the molecule is C=S(C)(=O)Nc1cc(C)c2c(Nc3ccc(F)cc3O[C@H](C)C(=O)NC3COC3)ncnc2c1. The molecule has 1 amide bonds. The molecule has 3 N–H and O–H groups in total. The second-order valence-corrected chi connectivity index (χ2v) is 10.5. The molecule has 1 aliphatic heterocycles. The maximum Gasteiger partial charge on any atom is 0.261 e. The van der Waals surface area contributed by atoms with Gasteiger partial charge < -0.3 is 24.8 Å². The van der Waals surface area contributed by atoms with E-state index >= 15 is 0 Å². The number of aryl methyl sites for hydroxylation is 1. The van der Waals surface area contributed by atoms with Crippen molar-refractivity contribution in [3.63, 3.8) is 0 Å². The van der Waals surface area contributed by atoms with E-state index in [-0.39, 0.29) is 17.7 Å². The Kier molecular flexibility index (Phi) is 6.58. The smallest absolute Gasteiger partial charge is 0.261 e. The van der Waals surface area contributed by atoms with Gasteiger partial charge in [-0.2, -0.15) is 0 Å². The average Bonchev–Trinajstić information content (AvgIpc) is 2.71. The van der Waals surface area contributed by atoms with E-state index in [4.69, 9.17) is 9.47 Å². The van der Waals surface area contributed by atoms with Crippen molar-refractivity contribution in [2.75, 3.05) is 29.5 Å². The zero-order valence-electron chi connectivity index (χ0n) is 19.1. The average molecular weight is 488 g/mol. The van der Waals surface area contributed by atoms with Crippen LogP contribution in [0.1, 0.15) is 12.5 Å². The van der Waals surface area contributed by atoms with E-state index < -0.39 is 21.6 Å². The third-order valence-corrected chi connectivity index (χ3v) is 5.79. The van der Waals surface area contributed by atoms with E-state index in [0.717, 1.165) is 10.9 Å². The molecular formula is C23H26FN5O4S. The lowest BCUT2D eigenvalue weighted by atomic mass is 10.1. The molecule has 0 bridgehead atoms. The molecule has 180 valence electrons. The molecule has 1 aromatic heterocycles. The Labute approximate surface area is 197 Å². The summed E-state index contributed by atoms with van der Waals surface area (Å²) >= 11 is 0. The van der Waals surface area contributed by atoms with Crippen molar-refractivity contribution in [1.29, 1.82) is 0 Å². The largest absolute Gasteiger partial charge is 0.479 e. The lowest BCUT2D eigenvalue weighted by Gasteiger charge is -2.28. The molecule has 11 heteroatoms. The molecule has 1 unspecified atom stereocenters. The van der Waals surface area contributed by atoms with Crippen molar-refractivity contribution >= 4 is 49.6 Å². The number of nitrogens with one attached hydrogen (secondary N) is 3. The van der Waals surface area contributed by atoms with Gasteiger partial charge in [-0.1, -0.05) is 0 Å². The second kappa shape index (κ2) is 9.43. The molecule has 1 fully saturated rings. The van der Waals surface area contributed by atoms with Gasteiger partial charge in [-0.3, -0.25) is 4.79 Å². The van der Waals surface area contributed by atoms with Gasteiger partial charge in [0.1, 0.15) is 23.7 Å². The summed E-state index contributed by atoms with van der Waals surface area (Å²) in [5.74, 6) is 3.44. The molecule has 4 rings (SSSR count). The molecule has 0 saturated carbocycles. The number of ether oxygens (including phenoxy) is 2. The summed E-state index contributed by atoms with van der Waals surface area (Å²) in [5, 5.41) is 6.72. The van der Waals surface area contributed by atoms with Crippen molar-refractivity contribution < 1.29 is 22.9 Å². The van der Waals surface area contributed by atoms with Crippen molar-refractivity contribution in [2.45, 2.75) is 26.0 Å². The topological polar surface area (TPSA) is 114 Å². The van der Waals surface area contributed by atoms with E-state index in [1.54, 1.807) is 13.0 Å². The van der Waals surface area contributed by atoms with Gasteiger partial charge in [0.2, 0.25) is 0 Å². The van der Waals surface area contributed by atoms with E-state index in [0.29, 0.717) is 35.9 Å². The van der Waals surface area contributed by atoms with Crippen LogP contribution < -0.4 is 20.1 Å². The number of halogens is 1. The number of carbonyl (C=O) groups is 1. The predicted octanol–water partition coefficient (Wildman–Crippen LogP) is 2.78. The summed E-state index contributed by atoms with van der Waals surface area (Å²) in [7, 11) is -2.46. The molecule has 3 aromatic rings. The first-order valence-electron chi connectivity index (χ1n) is 10.6. The number of rotatable bonds is 8. The first-order chi connectivity index (χ1) is 16.1. The van der Waals surface area contributed by atoms with Crippen LogP contribution in [0.4, 0.5) is 21.6 Å². The number of amides is 1. The number of hydrogen-bond acceptors (Lipinski definition) is 7. The van der Waals surface area contributed by atoms with Gasteiger partial charge in [-0.25, -0.2) is 18.6 Å². The highest BCUT2D eigenvalue weighted by Crippen LogP contribution is 2.33. The molecular weight excluding hydrogens is 461 g/mol. The van der Waals surface area contributed by atoms with Crippen molar-refractivity contribution in [2.24, 2.45) is 0 Å². The highest BCUT2D eigenvalue weighted by atomic mass is 32.2. The maximum absolute atomic E-state index is 14.0. The number of nitrogens with zero attached hydrogens (tertiary/aromatic N) is 2. The summed E-state index contributed by atoms with van der Waals surface area (Å²) in [6, 6.07) is 7.55. The molecule has 2 atom stereocenters. The summed E-state index contributed by atoms with van der Waals surface area (Å²) in [6.07, 6.45) is 2.05. The van der Waals surface area contributed by atoms with E-state index in [1.165, 1.54) is 30.8 Å². The second-order valence-electron chi connectivity index (χ2n) is 8.29. The first-order valence-corrected chi connectivity index (χ1v) is 12.7. The minimum atomic E-state index is -2.46. The third kappa shape index (κ3) is 5.54. The Morgan fingerprint density at radius 1 is 1.29 bits per heavy atom. The molecule has 1 saturated heterocycles. The highest BCUT2D eigenvalue weighted by Gasteiger charge is 2.25. The fraction of sp³-hybridized carbons (Fsp3) is 0.304. The van der Waals surface area contributed by atoms with Crippen molar-refractivity contribution in [3.05, 3.63) is 48.0 Å². The van der Waals surface area contributed by atoms with Gasteiger partial charge in [0.05, 0.1) is 30.5 Å². The zero-order chi connectivity index (χ0) is 24.5. The summed E-state index contributed by atoms with van der Waals surface area (Å²) < 4.78 is 39.8. The molecule has 1 aliphatic rings. The lowest BCUT2D eigenvalue weighted by Crippen LogP contribution is -2.52. The Hall–Kier alpha value is -3.44. The van der Waals surface area contributed by atoms with Gasteiger partial charge in [0, 0.05) is 33.1 Å². The predicted molar refractivity (Wildman–Crippen MR) is 132 cm³/mol. The molecule has 2 aromatic carbocycles. The number of hydrogen-bond donors (Lipinski definition) is 3. The fourth-order valence-corrected chi connectivity index (χ4v) is 4.12. The van der Waals surface area contributed by atoms with Gasteiger partial charge in [-0.05, 0) is 49.5 Å². The van der Waals surface area contributed by atoms with E-state index in [2.05, 4.69) is 31.2 Å². The standard InChI is InChI=1S/C23H26FN5O4S/c1-13-7-16(29-34(3,4)31)9-19-21(13)22(26-12-25-19)28-18-6-5-15(24)8-20(18)33-14(2)23(30)27-17-10-32-11-17/h5-9,12,14,17H,3,10-11H2,1-2,4H3,(H,27,30)(H,29,31)(H,25,26,28)/t14-,34?/m1/s1. The summed E-state index contributed by atoms with van der Waals surface area (Å²) in [6.45, 7) is 4.40. The molecule has 0 spiro atoms. The van der Waals surface area contributed by atoms with Crippen molar-refractivity contribution in [1.82, 2.24) is 15.3 Å². The van der Waals surface area contributed by atoms with Crippen LogP contribution >= 0.6 is 0 Å². The number of carbonyl (C=O) groups excluding carboxylic acids is 1. The highest BCUT2D eigenvalue weighted by molar-refractivity contribution is 8.00. The Morgan fingerprint density at radius 2 is 2.06 bits per heavy atom. The monoisotopic (exact) mass is 487 g/mol. The third-order valence-electron chi connectivity index (χ3n) is 5.12. The molecule has 34 heavy (non-hydrogen) atoms. The minimum Gasteiger partial charge on any atom is -0.479 e. The lowest BCUT2D eigenvalue weighted by molar-refractivity contribution is -0.131. The van der Waals surface area contributed by atoms with Crippen LogP contribution in [-0.4, -0.2) is 57.6 Å².